The molecule has 3 heterocycles. The lowest BCUT2D eigenvalue weighted by molar-refractivity contribution is -0.130. The van der Waals surface area contributed by atoms with Crippen LogP contribution in [0.3, 0.4) is 0 Å². The number of rotatable bonds is 5. The van der Waals surface area contributed by atoms with Crippen molar-refractivity contribution in [2.75, 3.05) is 6.54 Å². The van der Waals surface area contributed by atoms with Gasteiger partial charge in [-0.2, -0.15) is 9.78 Å². The molecule has 1 aromatic carbocycles. The van der Waals surface area contributed by atoms with Crippen LogP contribution in [0.15, 0.2) is 28.8 Å². The van der Waals surface area contributed by atoms with E-state index in [0.717, 1.165) is 30.4 Å². The summed E-state index contributed by atoms with van der Waals surface area (Å²) in [6.45, 7) is 4.62. The van der Waals surface area contributed by atoms with Gasteiger partial charge in [0.1, 0.15) is 6.04 Å². The zero-order valence-corrected chi connectivity index (χ0v) is 17.6. The minimum absolute atomic E-state index is 0.0915. The van der Waals surface area contributed by atoms with E-state index in [2.05, 4.69) is 25.6 Å². The highest BCUT2D eigenvalue weighted by Gasteiger charge is 2.30. The minimum atomic E-state index is -0.191. The van der Waals surface area contributed by atoms with Gasteiger partial charge in [0.25, 0.3) is 0 Å². The van der Waals surface area contributed by atoms with E-state index in [0.29, 0.717) is 35.7 Å². The quantitative estimate of drug-likeness (QED) is 0.576. The molecule has 0 N–H and O–H groups in total. The van der Waals surface area contributed by atoms with Gasteiger partial charge in [0.15, 0.2) is 11.6 Å². The summed E-state index contributed by atoms with van der Waals surface area (Å²) in [4.78, 5) is 20.6. The van der Waals surface area contributed by atoms with Gasteiger partial charge in [-0.05, 0) is 67.7 Å². The topological polar surface area (TPSA) is 103 Å². The van der Waals surface area contributed by atoms with Crippen LogP contribution < -0.4 is 0 Å². The standard InChI is InChI=1S/C20H22ClN7O2/c1-13-22-20(30-25-13)18-5-3-4-10-27(18)19(29)9-7-15-6-8-17(21)11-16(15)12-28-24-14(2)23-26-28/h6-9,11,18H,3-5,10,12H2,1-2H3/t18-/m0/s1. The first kappa shape index (κ1) is 20.2. The molecule has 1 aliphatic rings. The molecule has 1 aliphatic heterocycles. The van der Waals surface area contributed by atoms with Crippen molar-refractivity contribution in [1.82, 2.24) is 35.2 Å². The molecule has 10 heteroatoms. The number of benzene rings is 1. The zero-order chi connectivity index (χ0) is 21.1. The first-order chi connectivity index (χ1) is 14.5. The van der Waals surface area contributed by atoms with Crippen LogP contribution in [0.1, 0.15) is 54.0 Å². The van der Waals surface area contributed by atoms with Crippen molar-refractivity contribution in [3.05, 3.63) is 58.0 Å². The lowest BCUT2D eigenvalue weighted by Crippen LogP contribution is -2.37. The summed E-state index contributed by atoms with van der Waals surface area (Å²) < 4.78 is 5.33. The largest absolute Gasteiger partial charge is 0.337 e. The number of aryl methyl sites for hydroxylation is 2. The number of likely N-dealkylation sites (tertiary alicyclic amines) is 1. The van der Waals surface area contributed by atoms with Crippen LogP contribution in [0.4, 0.5) is 0 Å². The van der Waals surface area contributed by atoms with E-state index < -0.39 is 0 Å². The molecule has 4 rings (SSSR count). The van der Waals surface area contributed by atoms with Gasteiger partial charge < -0.3 is 9.42 Å². The number of halogens is 1. The van der Waals surface area contributed by atoms with E-state index in [1.54, 1.807) is 37.0 Å². The van der Waals surface area contributed by atoms with Crippen LogP contribution >= 0.6 is 11.6 Å². The van der Waals surface area contributed by atoms with Crippen molar-refractivity contribution >= 4 is 23.6 Å². The molecular formula is C20H22ClN7O2. The van der Waals surface area contributed by atoms with Gasteiger partial charge in [0.05, 0.1) is 6.54 Å². The number of hydrogen-bond acceptors (Lipinski definition) is 7. The highest BCUT2D eigenvalue weighted by Crippen LogP contribution is 2.30. The lowest BCUT2D eigenvalue weighted by Gasteiger charge is -2.32. The van der Waals surface area contributed by atoms with Crippen LogP contribution in [0.25, 0.3) is 6.08 Å². The van der Waals surface area contributed by atoms with E-state index in [1.165, 1.54) is 4.80 Å². The molecule has 0 bridgehead atoms. The Morgan fingerprint density at radius 3 is 2.90 bits per heavy atom. The van der Waals surface area contributed by atoms with Gasteiger partial charge in [0.2, 0.25) is 11.8 Å². The first-order valence-corrected chi connectivity index (χ1v) is 10.2. The summed E-state index contributed by atoms with van der Waals surface area (Å²) in [5.41, 5.74) is 1.76. The van der Waals surface area contributed by atoms with E-state index in [4.69, 9.17) is 16.1 Å². The maximum Gasteiger partial charge on any atom is 0.249 e. The summed E-state index contributed by atoms with van der Waals surface area (Å²) in [6, 6.07) is 5.32. The van der Waals surface area contributed by atoms with Crippen molar-refractivity contribution in [3.63, 3.8) is 0 Å². The Morgan fingerprint density at radius 1 is 1.30 bits per heavy atom. The molecule has 30 heavy (non-hydrogen) atoms. The number of carbonyl (C=O) groups is 1. The highest BCUT2D eigenvalue weighted by molar-refractivity contribution is 6.30. The molecule has 0 spiro atoms. The van der Waals surface area contributed by atoms with Crippen LogP contribution in [-0.4, -0.2) is 47.7 Å². The molecule has 0 saturated carbocycles. The monoisotopic (exact) mass is 427 g/mol. The Morgan fingerprint density at radius 2 is 2.17 bits per heavy atom. The summed E-state index contributed by atoms with van der Waals surface area (Å²) in [5, 5.41) is 16.6. The number of amides is 1. The van der Waals surface area contributed by atoms with E-state index >= 15 is 0 Å². The van der Waals surface area contributed by atoms with Crippen molar-refractivity contribution in [2.24, 2.45) is 0 Å². The van der Waals surface area contributed by atoms with Crippen molar-refractivity contribution in [2.45, 2.75) is 45.7 Å². The van der Waals surface area contributed by atoms with Crippen LogP contribution in [0.2, 0.25) is 5.02 Å². The molecule has 0 aliphatic carbocycles. The second-order valence-electron chi connectivity index (χ2n) is 7.27. The third kappa shape index (κ3) is 4.56. The van der Waals surface area contributed by atoms with E-state index in [1.807, 2.05) is 12.1 Å². The third-order valence-corrected chi connectivity index (χ3v) is 5.22. The van der Waals surface area contributed by atoms with Gasteiger partial charge in [-0.15, -0.1) is 10.2 Å². The molecule has 1 atom stereocenters. The van der Waals surface area contributed by atoms with Gasteiger partial charge in [-0.25, -0.2) is 0 Å². The first-order valence-electron chi connectivity index (χ1n) is 9.81. The van der Waals surface area contributed by atoms with Crippen molar-refractivity contribution in [1.29, 1.82) is 0 Å². The Labute approximate surface area is 178 Å². The number of carbonyl (C=O) groups excluding carboxylic acids is 1. The Kier molecular flexibility index (Phi) is 5.89. The predicted octanol–water partition coefficient (Wildman–Crippen LogP) is 3.14. The normalized spacial score (nSPS) is 17.0. The number of nitrogens with zero attached hydrogens (tertiary/aromatic N) is 7. The van der Waals surface area contributed by atoms with E-state index in [9.17, 15) is 4.79 Å². The molecule has 1 fully saturated rings. The van der Waals surface area contributed by atoms with Gasteiger partial charge in [-0.1, -0.05) is 22.8 Å². The number of hydrogen-bond donors (Lipinski definition) is 0. The van der Waals surface area contributed by atoms with Gasteiger partial charge in [-0.3, -0.25) is 4.79 Å². The van der Waals surface area contributed by atoms with E-state index in [-0.39, 0.29) is 11.9 Å². The Bertz CT molecular complexity index is 1070. The summed E-state index contributed by atoms with van der Waals surface area (Å²) in [6.07, 6.45) is 6.15. The number of tetrazole rings is 1. The average Bonchev–Trinajstić information content (AvgIpc) is 3.35. The number of piperidine rings is 1. The summed E-state index contributed by atoms with van der Waals surface area (Å²) in [5.74, 6) is 1.57. The Balaban J connectivity index is 1.54. The molecular weight excluding hydrogens is 406 g/mol. The summed E-state index contributed by atoms with van der Waals surface area (Å²) >= 11 is 6.17. The van der Waals surface area contributed by atoms with Gasteiger partial charge >= 0.3 is 0 Å². The number of aromatic nitrogens is 6. The maximum atomic E-state index is 13.0. The fourth-order valence-electron chi connectivity index (χ4n) is 3.57. The molecule has 2 aromatic heterocycles. The molecule has 1 saturated heterocycles. The maximum absolute atomic E-state index is 13.0. The average molecular weight is 428 g/mol. The SMILES string of the molecule is Cc1noc([C@@H]2CCCCN2C(=O)C=Cc2ccc(Cl)cc2Cn2nnc(C)n2)n1. The van der Waals surface area contributed by atoms with Crippen LogP contribution in [0.5, 0.6) is 0 Å². The molecule has 9 nitrogen and oxygen atoms in total. The second-order valence-corrected chi connectivity index (χ2v) is 7.70. The molecule has 0 unspecified atom stereocenters. The van der Waals surface area contributed by atoms with Crippen LogP contribution in [-0.2, 0) is 11.3 Å². The second kappa shape index (κ2) is 8.74. The van der Waals surface area contributed by atoms with Gasteiger partial charge in [0, 0.05) is 17.6 Å². The lowest BCUT2D eigenvalue weighted by atomic mass is 10.0. The molecule has 1 amide bonds. The molecule has 156 valence electrons. The van der Waals surface area contributed by atoms with Crippen LogP contribution in [0, 0.1) is 13.8 Å². The zero-order valence-electron chi connectivity index (χ0n) is 16.8. The Hall–Kier alpha value is -3.07. The predicted molar refractivity (Wildman–Crippen MR) is 109 cm³/mol. The fraction of sp³-hybridized carbons (Fsp3) is 0.400. The molecule has 3 aromatic rings. The highest BCUT2D eigenvalue weighted by atomic mass is 35.5. The van der Waals surface area contributed by atoms with Crippen molar-refractivity contribution < 1.29 is 9.32 Å². The van der Waals surface area contributed by atoms with Crippen molar-refractivity contribution in [3.8, 4) is 0 Å². The fourth-order valence-corrected chi connectivity index (χ4v) is 3.77. The minimum Gasteiger partial charge on any atom is -0.337 e. The summed E-state index contributed by atoms with van der Waals surface area (Å²) in [7, 11) is 0. The smallest absolute Gasteiger partial charge is 0.249 e. The molecule has 0 radical (unpaired) electrons. The third-order valence-electron chi connectivity index (χ3n) is 4.99.